The van der Waals surface area contributed by atoms with E-state index in [1.165, 1.54) is 17.3 Å². The van der Waals surface area contributed by atoms with Crippen LogP contribution in [0.4, 0.5) is 33.6 Å². The smallest absolute Gasteiger partial charge is 0.317 e. The van der Waals surface area contributed by atoms with Crippen LogP contribution in [0.15, 0.2) is 72.9 Å². The van der Waals surface area contributed by atoms with Crippen molar-refractivity contribution in [3.8, 4) is 11.8 Å². The molecule has 5 amide bonds. The third-order valence-corrected chi connectivity index (χ3v) is 12.3. The van der Waals surface area contributed by atoms with E-state index in [9.17, 15) is 19.2 Å². The molecule has 1 saturated carbocycles. The van der Waals surface area contributed by atoms with Gasteiger partial charge >= 0.3 is 6.03 Å². The fraction of sp³-hybridized carbons (Fsp3) is 0.391. The first-order valence-corrected chi connectivity index (χ1v) is 21.8. The Morgan fingerprint density at radius 1 is 0.887 bits per heavy atom. The number of nitrogens with one attached hydrogen (secondary N) is 6. The van der Waals surface area contributed by atoms with E-state index in [0.717, 1.165) is 68.7 Å². The number of carbonyl (C=O) groups is 4. The lowest BCUT2D eigenvalue weighted by atomic mass is 9.91. The topological polar surface area (TPSA) is 176 Å². The molecule has 1 aliphatic carbocycles. The van der Waals surface area contributed by atoms with E-state index < -0.39 is 0 Å². The zero-order valence-corrected chi connectivity index (χ0v) is 35.6. The fourth-order valence-corrected chi connectivity index (χ4v) is 8.72. The molecular weight excluding hydrogens is 806 g/mol. The van der Waals surface area contributed by atoms with Crippen molar-refractivity contribution in [1.82, 2.24) is 41.0 Å². The number of halogens is 1. The summed E-state index contributed by atoms with van der Waals surface area (Å²) in [5, 5.41) is 18.8. The number of imide groups is 1. The zero-order valence-electron chi connectivity index (χ0n) is 34.8. The van der Waals surface area contributed by atoms with Crippen molar-refractivity contribution in [3.05, 3.63) is 100 Å². The van der Waals surface area contributed by atoms with Gasteiger partial charge < -0.3 is 36.4 Å². The standard InChI is InChI=1S/C46H52ClN11O4/c1-48-43(60)37-7-2-3-8-39(37)53-42-38(47)27-50-45(55-42)51-34-15-17-36(18-16-34)56-22-24-57(25-23-56)46(62)52-35-13-11-33(12-14-35)49-21-5-4-6-30-9-10-31-28-58(29-32(31)26-30)40-19-20-41(59)54-44(40)61/h2-3,7-10,15-18,26-27,33,35,40,49H,5,11-14,19-25,28-29H2,1H3,(H,48,60)(H,52,62)(H,54,59,61)(H2,50,51,53,55). The van der Waals surface area contributed by atoms with Gasteiger partial charge in [-0.25, -0.2) is 9.78 Å². The maximum absolute atomic E-state index is 13.2. The Balaban J connectivity index is 0.722. The van der Waals surface area contributed by atoms with Crippen molar-refractivity contribution < 1.29 is 19.2 Å². The summed E-state index contributed by atoms with van der Waals surface area (Å²) in [6.07, 6.45) is 7.14. The third kappa shape index (κ3) is 10.4. The van der Waals surface area contributed by atoms with Gasteiger partial charge in [0.1, 0.15) is 5.02 Å². The minimum absolute atomic E-state index is 0.0139. The van der Waals surface area contributed by atoms with Gasteiger partial charge in [0.2, 0.25) is 17.8 Å². The third-order valence-electron chi connectivity index (χ3n) is 12.0. The molecular formula is C46H52ClN11O4. The summed E-state index contributed by atoms with van der Waals surface area (Å²) in [5.41, 5.74) is 6.31. The number of aromatic nitrogens is 2. The van der Waals surface area contributed by atoms with E-state index >= 15 is 0 Å². The first-order valence-electron chi connectivity index (χ1n) is 21.4. The second kappa shape index (κ2) is 19.7. The van der Waals surface area contributed by atoms with Gasteiger partial charge in [-0.05, 0) is 91.8 Å². The molecule has 3 aliphatic heterocycles. The molecule has 4 aliphatic rings. The van der Waals surface area contributed by atoms with Crippen molar-refractivity contribution in [2.24, 2.45) is 0 Å². The highest BCUT2D eigenvalue weighted by atomic mass is 35.5. The molecule has 4 heterocycles. The van der Waals surface area contributed by atoms with E-state index in [0.29, 0.717) is 73.1 Å². The van der Waals surface area contributed by atoms with Crippen LogP contribution in [0, 0.1) is 11.8 Å². The molecule has 2 saturated heterocycles. The van der Waals surface area contributed by atoms with E-state index in [4.69, 9.17) is 11.6 Å². The molecule has 1 atom stereocenters. The van der Waals surface area contributed by atoms with Gasteiger partial charge in [-0.3, -0.25) is 24.6 Å². The number of nitrogens with zero attached hydrogens (tertiary/aromatic N) is 5. The number of hydrogen-bond acceptors (Lipinski definition) is 11. The highest BCUT2D eigenvalue weighted by Crippen LogP contribution is 2.30. The number of para-hydroxylation sites is 1. The number of benzene rings is 3. The number of hydrogen-bond donors (Lipinski definition) is 6. The molecule has 0 bridgehead atoms. The van der Waals surface area contributed by atoms with Crippen LogP contribution in [0.3, 0.4) is 0 Å². The fourth-order valence-electron chi connectivity index (χ4n) is 8.58. The summed E-state index contributed by atoms with van der Waals surface area (Å²) in [6, 6.07) is 21.8. The quantitative estimate of drug-likeness (QED) is 0.0659. The summed E-state index contributed by atoms with van der Waals surface area (Å²) >= 11 is 6.41. The minimum atomic E-state index is -0.259. The first-order chi connectivity index (χ1) is 30.2. The molecule has 15 nitrogen and oxygen atoms in total. The van der Waals surface area contributed by atoms with Gasteiger partial charge in [-0.15, -0.1) is 0 Å². The second-order valence-electron chi connectivity index (χ2n) is 16.1. The van der Waals surface area contributed by atoms with Crippen LogP contribution < -0.4 is 36.8 Å². The van der Waals surface area contributed by atoms with Crippen LogP contribution >= 0.6 is 11.6 Å². The van der Waals surface area contributed by atoms with Gasteiger partial charge in [0.25, 0.3) is 5.91 Å². The molecule has 0 spiro atoms. The van der Waals surface area contributed by atoms with E-state index in [-0.39, 0.29) is 35.8 Å². The van der Waals surface area contributed by atoms with Gasteiger partial charge in [0.15, 0.2) is 5.82 Å². The van der Waals surface area contributed by atoms with Gasteiger partial charge in [-0.2, -0.15) is 4.98 Å². The summed E-state index contributed by atoms with van der Waals surface area (Å²) in [6.45, 7) is 5.00. The molecule has 62 heavy (non-hydrogen) atoms. The lowest BCUT2D eigenvalue weighted by Gasteiger charge is -2.37. The van der Waals surface area contributed by atoms with Crippen molar-refractivity contribution >= 4 is 64.2 Å². The van der Waals surface area contributed by atoms with Crippen LogP contribution in [0.2, 0.25) is 5.02 Å². The molecule has 322 valence electrons. The largest absolute Gasteiger partial charge is 0.368 e. The maximum atomic E-state index is 13.2. The number of fused-ring (bicyclic) bond motifs is 1. The Kier molecular flexibility index (Phi) is 13.5. The Labute approximate surface area is 366 Å². The molecule has 3 aromatic carbocycles. The Morgan fingerprint density at radius 3 is 2.42 bits per heavy atom. The van der Waals surface area contributed by atoms with Crippen LogP contribution in [0.25, 0.3) is 0 Å². The molecule has 3 fully saturated rings. The highest BCUT2D eigenvalue weighted by molar-refractivity contribution is 6.33. The summed E-state index contributed by atoms with van der Waals surface area (Å²) < 4.78 is 0. The lowest BCUT2D eigenvalue weighted by molar-refractivity contribution is -0.137. The second-order valence-corrected chi connectivity index (χ2v) is 16.6. The number of urea groups is 1. The molecule has 8 rings (SSSR count). The number of piperidine rings is 1. The summed E-state index contributed by atoms with van der Waals surface area (Å²) in [4.78, 5) is 64.7. The first kappa shape index (κ1) is 42.5. The lowest BCUT2D eigenvalue weighted by Crippen LogP contribution is -2.54. The Hall–Kier alpha value is -6.21. The number of amides is 5. The SMILES string of the molecule is CNC(=O)c1ccccc1Nc1nc(Nc2ccc(N3CCN(C(=O)NC4CCC(NCCC#Cc5ccc6c(c5)CN(C5CCC(=O)NC5=O)C6)CC4)CC3)cc2)ncc1Cl. The average molecular weight is 858 g/mol. The highest BCUT2D eigenvalue weighted by Gasteiger charge is 2.35. The molecule has 0 radical (unpaired) electrons. The molecule has 4 aromatic rings. The Morgan fingerprint density at radius 2 is 1.65 bits per heavy atom. The zero-order chi connectivity index (χ0) is 43.0. The van der Waals surface area contributed by atoms with Crippen LogP contribution in [-0.4, -0.2) is 101 Å². The van der Waals surface area contributed by atoms with Crippen LogP contribution in [0.5, 0.6) is 0 Å². The van der Waals surface area contributed by atoms with Gasteiger partial charge in [0, 0.05) is 94.7 Å². The minimum Gasteiger partial charge on any atom is -0.368 e. The normalized spacial score (nSPS) is 20.1. The monoisotopic (exact) mass is 857 g/mol. The van der Waals surface area contributed by atoms with Crippen molar-refractivity contribution in [2.45, 2.75) is 76.2 Å². The molecule has 1 aromatic heterocycles. The molecule has 6 N–H and O–H groups in total. The number of rotatable bonds is 11. The number of carbonyl (C=O) groups excluding carboxylic acids is 4. The van der Waals surface area contributed by atoms with Crippen molar-refractivity contribution in [2.75, 3.05) is 55.3 Å². The van der Waals surface area contributed by atoms with E-state index in [2.05, 4.69) is 81.7 Å². The number of anilines is 5. The Bertz CT molecular complexity index is 2350. The predicted octanol–water partition coefficient (Wildman–Crippen LogP) is 5.27. The van der Waals surface area contributed by atoms with Gasteiger partial charge in [-0.1, -0.05) is 41.6 Å². The maximum Gasteiger partial charge on any atom is 0.317 e. The van der Waals surface area contributed by atoms with Crippen LogP contribution in [-0.2, 0) is 22.7 Å². The van der Waals surface area contributed by atoms with E-state index in [1.54, 1.807) is 25.2 Å². The van der Waals surface area contributed by atoms with Crippen molar-refractivity contribution in [1.29, 1.82) is 0 Å². The summed E-state index contributed by atoms with van der Waals surface area (Å²) in [5.74, 6) is 6.74. The average Bonchev–Trinajstić information content (AvgIpc) is 3.71. The predicted molar refractivity (Wildman–Crippen MR) is 240 cm³/mol. The van der Waals surface area contributed by atoms with Crippen molar-refractivity contribution in [3.63, 3.8) is 0 Å². The van der Waals surface area contributed by atoms with Crippen LogP contribution in [0.1, 0.15) is 72.0 Å². The number of piperazine rings is 1. The van der Waals surface area contributed by atoms with E-state index in [1.807, 2.05) is 35.2 Å². The van der Waals surface area contributed by atoms with Gasteiger partial charge in [0.05, 0.1) is 23.5 Å². The summed E-state index contributed by atoms with van der Waals surface area (Å²) in [7, 11) is 1.58. The molecule has 1 unspecified atom stereocenters. The molecule has 16 heteroatoms.